The standard InChI is InChI=1S/C15H16N6O2S2.3H2/c1-16-25(22,23)14-5-4-11(24-14)15-17-7-6-12(19-15)18-13-8-10(20-21-13)9-2-3-9;;;/h4-9,16H,2-3H2,1H3,(H2,17,18,19,20,21);3*1H. The number of hydrogen-bond donors (Lipinski definition) is 3. The van der Waals surface area contributed by atoms with Gasteiger partial charge in [0, 0.05) is 28.2 Å². The van der Waals surface area contributed by atoms with Crippen molar-refractivity contribution in [3.8, 4) is 10.7 Å². The molecule has 0 aliphatic heterocycles. The van der Waals surface area contributed by atoms with E-state index in [4.69, 9.17) is 0 Å². The monoisotopic (exact) mass is 382 g/mol. The van der Waals surface area contributed by atoms with Gasteiger partial charge in [0.05, 0.1) is 4.88 Å². The molecule has 0 aromatic carbocycles. The fourth-order valence-electron chi connectivity index (χ4n) is 2.37. The van der Waals surface area contributed by atoms with Crippen molar-refractivity contribution in [1.29, 1.82) is 0 Å². The Labute approximate surface area is 153 Å². The second-order valence-corrected chi connectivity index (χ2v) is 8.90. The fraction of sp³-hybridized carbons (Fsp3) is 0.267. The molecule has 10 heteroatoms. The SMILES string of the molecule is CNS(=O)(=O)c1ccc(-c2nccc(Nc3cc(C4CC4)[nH]n3)n2)s1.[HH].[HH].[HH]. The Morgan fingerprint density at radius 3 is 2.88 bits per heavy atom. The number of nitrogens with zero attached hydrogens (tertiary/aromatic N) is 3. The van der Waals surface area contributed by atoms with E-state index < -0.39 is 10.0 Å². The first-order valence-corrected chi connectivity index (χ1v) is 10.0. The maximum atomic E-state index is 11.9. The Balaban J connectivity index is 0.00000131. The molecule has 1 fully saturated rings. The summed E-state index contributed by atoms with van der Waals surface area (Å²) >= 11 is 1.12. The first-order chi connectivity index (χ1) is 12.0. The molecule has 0 saturated heterocycles. The van der Waals surface area contributed by atoms with E-state index in [1.165, 1.54) is 19.9 Å². The van der Waals surface area contributed by atoms with Crippen LogP contribution in [-0.2, 0) is 10.0 Å². The summed E-state index contributed by atoms with van der Waals surface area (Å²) in [6.45, 7) is 0. The lowest BCUT2D eigenvalue weighted by Gasteiger charge is -2.03. The Kier molecular flexibility index (Phi) is 4.02. The predicted molar refractivity (Wildman–Crippen MR) is 102 cm³/mol. The van der Waals surface area contributed by atoms with E-state index in [9.17, 15) is 8.42 Å². The van der Waals surface area contributed by atoms with Gasteiger partial charge in [0.25, 0.3) is 0 Å². The van der Waals surface area contributed by atoms with E-state index in [0.717, 1.165) is 17.0 Å². The van der Waals surface area contributed by atoms with Gasteiger partial charge in [-0.2, -0.15) is 5.10 Å². The van der Waals surface area contributed by atoms with Crippen LogP contribution in [0.3, 0.4) is 0 Å². The van der Waals surface area contributed by atoms with Gasteiger partial charge in [0.2, 0.25) is 10.0 Å². The molecule has 136 valence electrons. The summed E-state index contributed by atoms with van der Waals surface area (Å²) in [5.74, 6) is 2.37. The van der Waals surface area contributed by atoms with Crippen LogP contribution in [0.1, 0.15) is 28.7 Å². The molecule has 3 aromatic heterocycles. The Bertz CT molecular complexity index is 1020. The highest BCUT2D eigenvalue weighted by Crippen LogP contribution is 2.39. The van der Waals surface area contributed by atoms with E-state index in [2.05, 4.69) is 30.2 Å². The van der Waals surface area contributed by atoms with Crippen molar-refractivity contribution in [2.75, 3.05) is 12.4 Å². The van der Waals surface area contributed by atoms with Crippen LogP contribution >= 0.6 is 11.3 Å². The second-order valence-electron chi connectivity index (χ2n) is 5.70. The van der Waals surface area contributed by atoms with E-state index in [-0.39, 0.29) is 8.49 Å². The average molecular weight is 383 g/mol. The van der Waals surface area contributed by atoms with Gasteiger partial charge < -0.3 is 5.32 Å². The van der Waals surface area contributed by atoms with Crippen molar-refractivity contribution in [2.45, 2.75) is 23.0 Å². The van der Waals surface area contributed by atoms with Crippen LogP contribution in [0.4, 0.5) is 11.6 Å². The highest BCUT2D eigenvalue weighted by molar-refractivity contribution is 7.91. The number of hydrogen-bond acceptors (Lipinski definition) is 7. The summed E-state index contributed by atoms with van der Waals surface area (Å²) in [5, 5.41) is 10.4. The molecular formula is C15H22N6O2S2. The van der Waals surface area contributed by atoms with Gasteiger partial charge in [-0.05, 0) is 38.1 Å². The molecule has 3 aromatic rings. The van der Waals surface area contributed by atoms with Gasteiger partial charge in [-0.25, -0.2) is 23.1 Å². The van der Waals surface area contributed by atoms with Crippen LogP contribution in [0, 0.1) is 0 Å². The zero-order chi connectivity index (χ0) is 17.4. The molecule has 0 bridgehead atoms. The summed E-state index contributed by atoms with van der Waals surface area (Å²) in [6, 6.07) is 6.98. The Morgan fingerprint density at radius 2 is 2.12 bits per heavy atom. The van der Waals surface area contributed by atoms with Crippen molar-refractivity contribution in [3.05, 3.63) is 36.2 Å². The molecule has 1 aliphatic carbocycles. The molecule has 8 nitrogen and oxygen atoms in total. The van der Waals surface area contributed by atoms with Crippen LogP contribution in [0.5, 0.6) is 0 Å². The Morgan fingerprint density at radius 1 is 1.28 bits per heavy atom. The third-order valence-electron chi connectivity index (χ3n) is 3.86. The summed E-state index contributed by atoms with van der Waals surface area (Å²) in [7, 11) is -2.08. The maximum Gasteiger partial charge on any atom is 0.249 e. The van der Waals surface area contributed by atoms with E-state index >= 15 is 0 Å². The normalized spacial score (nSPS) is 14.6. The minimum Gasteiger partial charge on any atom is -0.323 e. The van der Waals surface area contributed by atoms with E-state index in [0.29, 0.717) is 28.3 Å². The quantitative estimate of drug-likeness (QED) is 0.603. The number of aromatic nitrogens is 4. The van der Waals surface area contributed by atoms with Crippen LogP contribution in [0.25, 0.3) is 10.7 Å². The lowest BCUT2D eigenvalue weighted by molar-refractivity contribution is 0.590. The summed E-state index contributed by atoms with van der Waals surface area (Å²) in [5.41, 5.74) is 1.14. The molecule has 3 heterocycles. The number of sulfonamides is 1. The molecule has 0 spiro atoms. The third-order valence-corrected chi connectivity index (χ3v) is 6.85. The molecular weight excluding hydrogens is 360 g/mol. The molecule has 1 saturated carbocycles. The minimum absolute atomic E-state index is 0. The molecule has 0 amide bonds. The maximum absolute atomic E-state index is 11.9. The molecule has 3 N–H and O–H groups in total. The largest absolute Gasteiger partial charge is 0.323 e. The number of rotatable bonds is 6. The number of aromatic amines is 1. The minimum atomic E-state index is -3.46. The van der Waals surface area contributed by atoms with Gasteiger partial charge in [-0.1, -0.05) is 0 Å². The number of anilines is 2. The predicted octanol–water partition coefficient (Wildman–Crippen LogP) is 3.20. The third kappa shape index (κ3) is 3.41. The van der Waals surface area contributed by atoms with Gasteiger partial charge in [0.1, 0.15) is 10.0 Å². The summed E-state index contributed by atoms with van der Waals surface area (Å²) < 4.78 is 26.2. The molecule has 0 atom stereocenters. The van der Waals surface area contributed by atoms with Gasteiger partial charge in [-0.3, -0.25) is 5.10 Å². The summed E-state index contributed by atoms with van der Waals surface area (Å²) in [6.07, 6.45) is 4.04. The first kappa shape index (κ1) is 16.2. The van der Waals surface area contributed by atoms with Crippen LogP contribution in [-0.4, -0.2) is 35.6 Å². The number of nitrogens with one attached hydrogen (secondary N) is 3. The van der Waals surface area contributed by atoms with Crippen molar-refractivity contribution >= 4 is 33.0 Å². The molecule has 4 rings (SSSR count). The first-order valence-electron chi connectivity index (χ1n) is 7.74. The van der Waals surface area contributed by atoms with Gasteiger partial charge >= 0.3 is 0 Å². The fourth-order valence-corrected chi connectivity index (χ4v) is 4.45. The Hall–Kier alpha value is -2.30. The molecule has 0 unspecified atom stereocenters. The van der Waals surface area contributed by atoms with Crippen molar-refractivity contribution in [1.82, 2.24) is 24.9 Å². The molecule has 25 heavy (non-hydrogen) atoms. The van der Waals surface area contributed by atoms with Gasteiger partial charge in [0.15, 0.2) is 11.6 Å². The lowest BCUT2D eigenvalue weighted by atomic mass is 10.3. The van der Waals surface area contributed by atoms with Crippen molar-refractivity contribution in [2.24, 2.45) is 0 Å². The van der Waals surface area contributed by atoms with E-state index in [1.807, 2.05) is 6.07 Å². The number of thiophene rings is 1. The lowest BCUT2D eigenvalue weighted by Crippen LogP contribution is -2.17. The van der Waals surface area contributed by atoms with Crippen molar-refractivity contribution < 1.29 is 12.7 Å². The van der Waals surface area contributed by atoms with Gasteiger partial charge in [-0.15, -0.1) is 11.3 Å². The van der Waals surface area contributed by atoms with Crippen LogP contribution in [0.15, 0.2) is 34.7 Å². The second kappa shape index (κ2) is 6.21. The highest BCUT2D eigenvalue weighted by atomic mass is 32.2. The molecule has 0 radical (unpaired) electrons. The van der Waals surface area contributed by atoms with Crippen molar-refractivity contribution in [3.63, 3.8) is 0 Å². The highest BCUT2D eigenvalue weighted by Gasteiger charge is 2.25. The van der Waals surface area contributed by atoms with E-state index in [1.54, 1.807) is 24.4 Å². The van der Waals surface area contributed by atoms with Crippen LogP contribution < -0.4 is 10.0 Å². The number of H-pyrrole nitrogens is 1. The average Bonchev–Trinajstić information content (AvgIpc) is 3.15. The van der Waals surface area contributed by atoms with Crippen LogP contribution in [0.2, 0.25) is 0 Å². The zero-order valence-electron chi connectivity index (χ0n) is 13.4. The smallest absolute Gasteiger partial charge is 0.249 e. The summed E-state index contributed by atoms with van der Waals surface area (Å²) in [4.78, 5) is 9.36. The zero-order valence-corrected chi connectivity index (χ0v) is 15.0. The molecule has 1 aliphatic rings. The topological polar surface area (TPSA) is 113 Å².